The number of nitrogens with zero attached hydrogens (tertiary/aromatic N) is 2. The summed E-state index contributed by atoms with van der Waals surface area (Å²) in [7, 11) is 1.35. The van der Waals surface area contributed by atoms with Gasteiger partial charge in [-0.15, -0.1) is 0 Å². The van der Waals surface area contributed by atoms with Crippen LogP contribution in [0.5, 0.6) is 5.75 Å². The summed E-state index contributed by atoms with van der Waals surface area (Å²) in [6.07, 6.45) is -3.02. The molecule has 0 spiro atoms. The van der Waals surface area contributed by atoms with Crippen LogP contribution in [0.3, 0.4) is 0 Å². The molecule has 0 saturated heterocycles. The van der Waals surface area contributed by atoms with E-state index in [4.69, 9.17) is 4.74 Å². The average Bonchev–Trinajstić information content (AvgIpc) is 3.06. The fraction of sp³-hybridized carbons (Fsp3) is 0.111. The average molecular weight is 379 g/mol. The third-order valence-electron chi connectivity index (χ3n) is 3.68. The van der Waals surface area contributed by atoms with Gasteiger partial charge in [-0.25, -0.2) is 9.07 Å². The van der Waals surface area contributed by atoms with Crippen molar-refractivity contribution in [2.45, 2.75) is 6.18 Å². The topological polar surface area (TPSA) is 56.2 Å². The molecular formula is C18H13F4N3O2. The van der Waals surface area contributed by atoms with Crippen LogP contribution in [0.2, 0.25) is 0 Å². The smallest absolute Gasteiger partial charge is 0.416 e. The van der Waals surface area contributed by atoms with E-state index in [0.29, 0.717) is 5.69 Å². The van der Waals surface area contributed by atoms with Crippen molar-refractivity contribution in [3.63, 3.8) is 0 Å². The Labute approximate surface area is 151 Å². The van der Waals surface area contributed by atoms with Crippen molar-refractivity contribution in [1.82, 2.24) is 9.78 Å². The molecule has 0 aliphatic heterocycles. The van der Waals surface area contributed by atoms with E-state index in [2.05, 4.69) is 10.4 Å². The van der Waals surface area contributed by atoms with Gasteiger partial charge in [0.2, 0.25) is 0 Å². The number of aromatic nitrogens is 2. The van der Waals surface area contributed by atoms with Gasteiger partial charge in [-0.05, 0) is 48.5 Å². The number of benzene rings is 2. The lowest BCUT2D eigenvalue weighted by Gasteiger charge is -2.08. The maximum absolute atomic E-state index is 13.0. The molecule has 0 aliphatic rings. The first-order valence-electron chi connectivity index (χ1n) is 7.66. The summed E-state index contributed by atoms with van der Waals surface area (Å²) >= 11 is 0. The minimum Gasteiger partial charge on any atom is -0.493 e. The molecule has 0 atom stereocenters. The molecule has 0 radical (unpaired) electrons. The first-order valence-corrected chi connectivity index (χ1v) is 7.66. The van der Waals surface area contributed by atoms with Gasteiger partial charge in [-0.1, -0.05) is 0 Å². The fourth-order valence-corrected chi connectivity index (χ4v) is 2.32. The quantitative estimate of drug-likeness (QED) is 0.688. The molecule has 0 saturated carbocycles. The Bertz CT molecular complexity index is 948. The number of methoxy groups -OCH3 is 1. The zero-order valence-corrected chi connectivity index (χ0v) is 13.9. The number of hydrogen-bond donors (Lipinski definition) is 1. The monoisotopic (exact) mass is 379 g/mol. The van der Waals surface area contributed by atoms with Crippen LogP contribution in [0.4, 0.5) is 23.2 Å². The van der Waals surface area contributed by atoms with Crippen molar-refractivity contribution in [2.75, 3.05) is 12.4 Å². The Morgan fingerprint density at radius 3 is 2.26 bits per heavy atom. The van der Waals surface area contributed by atoms with Gasteiger partial charge < -0.3 is 10.1 Å². The summed E-state index contributed by atoms with van der Waals surface area (Å²) in [5.74, 6) is -0.922. The second-order valence-corrected chi connectivity index (χ2v) is 5.50. The van der Waals surface area contributed by atoms with Crippen molar-refractivity contribution in [1.29, 1.82) is 0 Å². The van der Waals surface area contributed by atoms with Crippen LogP contribution >= 0.6 is 0 Å². The SMILES string of the molecule is COc1cn(-c2ccc(F)cc2)nc1C(=O)Nc1ccc(C(F)(F)F)cc1. The highest BCUT2D eigenvalue weighted by atomic mass is 19.4. The lowest BCUT2D eigenvalue weighted by atomic mass is 10.2. The second-order valence-electron chi connectivity index (χ2n) is 5.50. The lowest BCUT2D eigenvalue weighted by Crippen LogP contribution is -2.14. The van der Waals surface area contributed by atoms with Crippen LogP contribution in [0.15, 0.2) is 54.7 Å². The van der Waals surface area contributed by atoms with Crippen molar-refractivity contribution in [3.05, 3.63) is 71.8 Å². The van der Waals surface area contributed by atoms with Crippen LogP contribution in [-0.2, 0) is 6.18 Å². The lowest BCUT2D eigenvalue weighted by molar-refractivity contribution is -0.137. The van der Waals surface area contributed by atoms with Gasteiger partial charge in [0, 0.05) is 5.69 Å². The Morgan fingerprint density at radius 2 is 1.70 bits per heavy atom. The molecule has 5 nitrogen and oxygen atoms in total. The highest BCUT2D eigenvalue weighted by Crippen LogP contribution is 2.30. The summed E-state index contributed by atoms with van der Waals surface area (Å²) in [6, 6.07) is 9.44. The van der Waals surface area contributed by atoms with Crippen molar-refractivity contribution in [3.8, 4) is 11.4 Å². The van der Waals surface area contributed by atoms with Crippen molar-refractivity contribution >= 4 is 11.6 Å². The highest BCUT2D eigenvalue weighted by molar-refractivity contribution is 6.04. The van der Waals surface area contributed by atoms with E-state index in [0.717, 1.165) is 24.3 Å². The Balaban J connectivity index is 1.83. The largest absolute Gasteiger partial charge is 0.493 e. The minimum atomic E-state index is -4.46. The normalized spacial score (nSPS) is 11.3. The number of ether oxygens (including phenoxy) is 1. The number of nitrogens with one attached hydrogen (secondary N) is 1. The molecule has 2 aromatic carbocycles. The first kappa shape index (κ1) is 18.4. The van der Waals surface area contributed by atoms with Gasteiger partial charge in [0.15, 0.2) is 11.4 Å². The molecule has 1 heterocycles. The Morgan fingerprint density at radius 1 is 1.07 bits per heavy atom. The minimum absolute atomic E-state index is 0.0678. The third-order valence-corrected chi connectivity index (χ3v) is 3.68. The number of rotatable bonds is 4. The summed E-state index contributed by atoms with van der Waals surface area (Å²) in [5, 5.41) is 6.57. The maximum Gasteiger partial charge on any atom is 0.416 e. The number of anilines is 1. The molecule has 140 valence electrons. The van der Waals surface area contributed by atoms with Gasteiger partial charge in [0.25, 0.3) is 5.91 Å². The summed E-state index contributed by atoms with van der Waals surface area (Å²) in [5.41, 5.74) is -0.213. The number of carbonyl (C=O) groups excluding carboxylic acids is 1. The summed E-state index contributed by atoms with van der Waals surface area (Å²) in [4.78, 5) is 12.4. The van der Waals surface area contributed by atoms with Gasteiger partial charge >= 0.3 is 6.18 Å². The van der Waals surface area contributed by atoms with E-state index in [9.17, 15) is 22.4 Å². The van der Waals surface area contributed by atoms with Gasteiger partial charge in [-0.2, -0.15) is 18.3 Å². The van der Waals surface area contributed by atoms with E-state index in [-0.39, 0.29) is 17.1 Å². The van der Waals surface area contributed by atoms with Crippen LogP contribution in [0.1, 0.15) is 16.1 Å². The van der Waals surface area contributed by atoms with E-state index in [1.54, 1.807) is 0 Å². The molecule has 1 amide bonds. The Hall–Kier alpha value is -3.36. The Kier molecular flexibility index (Phi) is 4.85. The summed E-state index contributed by atoms with van der Waals surface area (Å²) < 4.78 is 57.3. The molecule has 0 unspecified atom stereocenters. The molecule has 9 heteroatoms. The molecule has 3 rings (SSSR count). The van der Waals surface area contributed by atoms with Gasteiger partial charge in [0.1, 0.15) is 5.82 Å². The molecule has 3 aromatic rings. The number of halogens is 4. The highest BCUT2D eigenvalue weighted by Gasteiger charge is 2.30. The summed E-state index contributed by atoms with van der Waals surface area (Å²) in [6.45, 7) is 0. The van der Waals surface area contributed by atoms with Crippen LogP contribution < -0.4 is 10.1 Å². The van der Waals surface area contributed by atoms with Crippen LogP contribution in [0, 0.1) is 5.82 Å². The van der Waals surface area contributed by atoms with Gasteiger partial charge in [0.05, 0.1) is 24.6 Å². The van der Waals surface area contributed by atoms with Crippen LogP contribution in [0.25, 0.3) is 5.69 Å². The van der Waals surface area contributed by atoms with E-state index >= 15 is 0 Å². The van der Waals surface area contributed by atoms with E-state index in [1.807, 2.05) is 0 Å². The van der Waals surface area contributed by atoms with Gasteiger partial charge in [-0.3, -0.25) is 4.79 Å². The second kappa shape index (κ2) is 7.10. The zero-order valence-electron chi connectivity index (χ0n) is 13.9. The number of amides is 1. The number of carbonyl (C=O) groups is 1. The molecular weight excluding hydrogens is 366 g/mol. The third kappa shape index (κ3) is 4.08. The van der Waals surface area contributed by atoms with Crippen molar-refractivity contribution < 1.29 is 27.1 Å². The predicted molar refractivity (Wildman–Crippen MR) is 89.5 cm³/mol. The molecule has 1 aromatic heterocycles. The maximum atomic E-state index is 13.0. The first-order chi connectivity index (χ1) is 12.8. The van der Waals surface area contributed by atoms with Crippen molar-refractivity contribution in [2.24, 2.45) is 0 Å². The number of alkyl halides is 3. The standard InChI is InChI=1S/C18H13F4N3O2/c1-27-15-10-25(14-8-4-12(19)5-9-14)24-16(15)17(26)23-13-6-2-11(3-7-13)18(20,21)22/h2-10H,1H3,(H,23,26). The van der Waals surface area contributed by atoms with E-state index in [1.165, 1.54) is 42.3 Å². The molecule has 1 N–H and O–H groups in total. The predicted octanol–water partition coefficient (Wildman–Crippen LogP) is 4.29. The zero-order chi connectivity index (χ0) is 19.6. The molecule has 0 bridgehead atoms. The fourth-order valence-electron chi connectivity index (χ4n) is 2.32. The molecule has 0 aliphatic carbocycles. The van der Waals surface area contributed by atoms with Crippen LogP contribution in [-0.4, -0.2) is 22.8 Å². The molecule has 0 fully saturated rings. The number of hydrogen-bond acceptors (Lipinski definition) is 3. The molecule has 27 heavy (non-hydrogen) atoms. The van der Waals surface area contributed by atoms with E-state index < -0.39 is 23.5 Å².